The van der Waals surface area contributed by atoms with Crippen molar-refractivity contribution in [1.29, 1.82) is 0 Å². The van der Waals surface area contributed by atoms with Gasteiger partial charge in [-0.3, -0.25) is 5.43 Å². The van der Waals surface area contributed by atoms with Crippen LogP contribution in [0.1, 0.15) is 16.7 Å². The van der Waals surface area contributed by atoms with Gasteiger partial charge in [0.25, 0.3) is 0 Å². The highest BCUT2D eigenvalue weighted by Gasteiger charge is 2.15. The van der Waals surface area contributed by atoms with Crippen LogP contribution in [-0.4, -0.2) is 11.2 Å². The maximum atomic E-state index is 4.86. The topological polar surface area (TPSA) is 37.3 Å². The predicted octanol–water partition coefficient (Wildman–Crippen LogP) is 7.30. The average molecular weight is 462 g/mol. The molecule has 0 bridgehead atoms. The lowest BCUT2D eigenvalue weighted by atomic mass is 10.0. The quantitative estimate of drug-likeness (QED) is 0.250. The zero-order chi connectivity index (χ0) is 20.2. The zero-order valence-corrected chi connectivity index (χ0v) is 18.6. The molecule has 4 rings (SSSR count). The fraction of sp³-hybridized carbons (Fsp3) is 0.0833. The highest BCUT2D eigenvalue weighted by molar-refractivity contribution is 9.10. The van der Waals surface area contributed by atoms with E-state index in [4.69, 9.17) is 4.98 Å². The molecule has 0 amide bonds. The van der Waals surface area contributed by atoms with Crippen molar-refractivity contribution >= 4 is 38.6 Å². The first-order valence-corrected chi connectivity index (χ1v) is 10.9. The van der Waals surface area contributed by atoms with Crippen molar-refractivity contribution in [1.82, 2.24) is 4.98 Å². The number of anilines is 1. The van der Waals surface area contributed by atoms with E-state index in [1.165, 1.54) is 11.1 Å². The summed E-state index contributed by atoms with van der Waals surface area (Å²) in [4.78, 5) is 5.99. The molecule has 144 valence electrons. The van der Waals surface area contributed by atoms with E-state index < -0.39 is 0 Å². The fourth-order valence-electron chi connectivity index (χ4n) is 2.99. The number of hydrogen-bond donors (Lipinski definition) is 1. The SMILES string of the molecule is Cc1ccc(-c2nc(N/N=C\c3cccc(Br)c3)sc2-c2ccccc2)cc1C. The van der Waals surface area contributed by atoms with Crippen LogP contribution in [0.3, 0.4) is 0 Å². The Morgan fingerprint density at radius 1 is 0.897 bits per heavy atom. The molecule has 0 aliphatic rings. The molecule has 0 saturated carbocycles. The molecule has 0 unspecified atom stereocenters. The summed E-state index contributed by atoms with van der Waals surface area (Å²) in [7, 11) is 0. The van der Waals surface area contributed by atoms with Gasteiger partial charge < -0.3 is 0 Å². The van der Waals surface area contributed by atoms with Gasteiger partial charge in [-0.2, -0.15) is 5.10 Å². The summed E-state index contributed by atoms with van der Waals surface area (Å²) in [6.45, 7) is 4.26. The number of nitrogens with one attached hydrogen (secondary N) is 1. The maximum Gasteiger partial charge on any atom is 0.204 e. The van der Waals surface area contributed by atoms with Gasteiger partial charge in [0, 0.05) is 10.0 Å². The van der Waals surface area contributed by atoms with Crippen molar-refractivity contribution in [2.75, 3.05) is 5.43 Å². The van der Waals surface area contributed by atoms with Crippen molar-refractivity contribution in [2.45, 2.75) is 13.8 Å². The summed E-state index contributed by atoms with van der Waals surface area (Å²) >= 11 is 5.09. The monoisotopic (exact) mass is 461 g/mol. The highest BCUT2D eigenvalue weighted by Crippen LogP contribution is 2.39. The Labute approximate surface area is 183 Å². The first-order valence-electron chi connectivity index (χ1n) is 9.29. The van der Waals surface area contributed by atoms with Crippen molar-refractivity contribution in [2.24, 2.45) is 5.10 Å². The third-order valence-electron chi connectivity index (χ3n) is 4.67. The Morgan fingerprint density at radius 3 is 2.48 bits per heavy atom. The Bertz CT molecular complexity index is 1170. The molecule has 0 saturated heterocycles. The van der Waals surface area contributed by atoms with E-state index in [0.29, 0.717) is 0 Å². The molecule has 5 heteroatoms. The molecule has 1 heterocycles. The van der Waals surface area contributed by atoms with Crippen LogP contribution in [0.15, 0.2) is 82.4 Å². The van der Waals surface area contributed by atoms with Gasteiger partial charge in [0.05, 0.1) is 16.8 Å². The summed E-state index contributed by atoms with van der Waals surface area (Å²) in [5.41, 5.74) is 9.91. The van der Waals surface area contributed by atoms with E-state index in [1.54, 1.807) is 17.6 Å². The van der Waals surface area contributed by atoms with Gasteiger partial charge >= 0.3 is 0 Å². The molecular formula is C24H20BrN3S. The molecule has 0 radical (unpaired) electrons. The second-order valence-corrected chi connectivity index (χ2v) is 8.70. The standard InChI is InChI=1S/C24H20BrN3S/c1-16-11-12-20(13-17(16)2)22-23(19-8-4-3-5-9-19)29-24(27-22)28-26-15-18-7-6-10-21(25)14-18/h3-15H,1-2H3,(H,27,28)/b26-15-. The lowest BCUT2D eigenvalue weighted by molar-refractivity contribution is 1.28. The van der Waals surface area contributed by atoms with Gasteiger partial charge in [0.15, 0.2) is 0 Å². The molecular weight excluding hydrogens is 442 g/mol. The fourth-order valence-corrected chi connectivity index (χ4v) is 4.35. The van der Waals surface area contributed by atoms with E-state index in [2.05, 4.69) is 82.8 Å². The first kappa shape index (κ1) is 19.6. The molecule has 29 heavy (non-hydrogen) atoms. The van der Waals surface area contributed by atoms with E-state index >= 15 is 0 Å². The maximum absolute atomic E-state index is 4.86. The smallest absolute Gasteiger partial charge is 0.204 e. The number of hydrazone groups is 1. The molecule has 1 N–H and O–H groups in total. The van der Waals surface area contributed by atoms with Crippen LogP contribution in [0.2, 0.25) is 0 Å². The normalized spacial score (nSPS) is 11.1. The van der Waals surface area contributed by atoms with Gasteiger partial charge in [-0.05, 0) is 54.3 Å². The number of halogens is 1. The molecule has 0 fully saturated rings. The number of thiazole rings is 1. The van der Waals surface area contributed by atoms with Crippen molar-refractivity contribution in [3.05, 3.63) is 94.0 Å². The van der Waals surface area contributed by atoms with Gasteiger partial charge in [0.2, 0.25) is 5.13 Å². The van der Waals surface area contributed by atoms with E-state index in [0.717, 1.165) is 36.9 Å². The minimum Gasteiger partial charge on any atom is -0.253 e. The number of rotatable bonds is 5. The summed E-state index contributed by atoms with van der Waals surface area (Å²) in [6.07, 6.45) is 1.80. The Kier molecular flexibility index (Phi) is 5.88. The molecule has 3 nitrogen and oxygen atoms in total. The Hall–Kier alpha value is -2.76. The van der Waals surface area contributed by atoms with Crippen LogP contribution < -0.4 is 5.43 Å². The number of benzene rings is 3. The Balaban J connectivity index is 1.68. The average Bonchev–Trinajstić information content (AvgIpc) is 3.15. The molecule has 4 aromatic rings. The second-order valence-electron chi connectivity index (χ2n) is 6.79. The van der Waals surface area contributed by atoms with E-state index in [1.807, 2.05) is 30.3 Å². The van der Waals surface area contributed by atoms with Gasteiger partial charge in [-0.15, -0.1) is 0 Å². The summed E-state index contributed by atoms with van der Waals surface area (Å²) in [5, 5.41) is 5.15. The highest BCUT2D eigenvalue weighted by atomic mass is 79.9. The number of nitrogens with zero attached hydrogens (tertiary/aromatic N) is 2. The molecule has 0 aliphatic carbocycles. The first-order chi connectivity index (χ1) is 14.1. The lowest BCUT2D eigenvalue weighted by Gasteiger charge is -2.05. The molecule has 3 aromatic carbocycles. The molecule has 0 aliphatic heterocycles. The van der Waals surface area contributed by atoms with Crippen molar-refractivity contribution < 1.29 is 0 Å². The van der Waals surface area contributed by atoms with Gasteiger partial charge in [-0.1, -0.05) is 81.9 Å². The van der Waals surface area contributed by atoms with E-state index in [-0.39, 0.29) is 0 Å². The second kappa shape index (κ2) is 8.72. The van der Waals surface area contributed by atoms with Crippen LogP contribution in [0, 0.1) is 13.8 Å². The molecule has 1 aromatic heterocycles. The lowest BCUT2D eigenvalue weighted by Crippen LogP contribution is -1.90. The van der Waals surface area contributed by atoms with Crippen molar-refractivity contribution in [3.8, 4) is 21.7 Å². The van der Waals surface area contributed by atoms with Crippen LogP contribution in [0.5, 0.6) is 0 Å². The van der Waals surface area contributed by atoms with Crippen molar-refractivity contribution in [3.63, 3.8) is 0 Å². The summed E-state index contributed by atoms with van der Waals surface area (Å²) < 4.78 is 1.03. The summed E-state index contributed by atoms with van der Waals surface area (Å²) in [6, 6.07) is 24.9. The molecule has 0 atom stereocenters. The van der Waals surface area contributed by atoms with Gasteiger partial charge in [-0.25, -0.2) is 4.98 Å². The van der Waals surface area contributed by atoms with E-state index in [9.17, 15) is 0 Å². The third kappa shape index (κ3) is 4.63. The summed E-state index contributed by atoms with van der Waals surface area (Å²) in [5.74, 6) is 0. The van der Waals surface area contributed by atoms with Crippen LogP contribution >= 0.6 is 27.3 Å². The van der Waals surface area contributed by atoms with Crippen LogP contribution in [0.25, 0.3) is 21.7 Å². The minimum absolute atomic E-state index is 0.767. The van der Waals surface area contributed by atoms with Crippen LogP contribution in [-0.2, 0) is 0 Å². The van der Waals surface area contributed by atoms with Gasteiger partial charge in [0.1, 0.15) is 0 Å². The number of hydrogen-bond acceptors (Lipinski definition) is 4. The van der Waals surface area contributed by atoms with Crippen LogP contribution in [0.4, 0.5) is 5.13 Å². The third-order valence-corrected chi connectivity index (χ3v) is 6.17. The largest absolute Gasteiger partial charge is 0.253 e. The predicted molar refractivity (Wildman–Crippen MR) is 128 cm³/mol. The zero-order valence-electron chi connectivity index (χ0n) is 16.2. The minimum atomic E-state index is 0.767. The molecule has 0 spiro atoms. The number of aromatic nitrogens is 1. The number of aryl methyl sites for hydroxylation is 2. The Morgan fingerprint density at radius 2 is 1.72 bits per heavy atom.